The zero-order chi connectivity index (χ0) is 20.9. The van der Waals surface area contributed by atoms with Gasteiger partial charge in [-0.2, -0.15) is 5.10 Å². The van der Waals surface area contributed by atoms with Gasteiger partial charge in [-0.15, -0.1) is 11.3 Å². The van der Waals surface area contributed by atoms with Crippen molar-refractivity contribution < 1.29 is 4.79 Å². The molecule has 4 aromatic rings. The minimum absolute atomic E-state index is 0.0897. The van der Waals surface area contributed by atoms with Crippen LogP contribution in [-0.4, -0.2) is 25.7 Å². The van der Waals surface area contributed by atoms with E-state index in [0.717, 1.165) is 33.8 Å². The molecule has 0 atom stereocenters. The third kappa shape index (κ3) is 4.63. The molecule has 0 fully saturated rings. The molecule has 0 radical (unpaired) electrons. The fourth-order valence-corrected chi connectivity index (χ4v) is 4.13. The lowest BCUT2D eigenvalue weighted by Gasteiger charge is -2.06. The van der Waals surface area contributed by atoms with Crippen LogP contribution >= 0.6 is 11.3 Å². The van der Waals surface area contributed by atoms with Crippen molar-refractivity contribution in [1.82, 2.24) is 25.1 Å². The molecule has 0 aliphatic heterocycles. The molecule has 0 unspecified atom stereocenters. The summed E-state index contributed by atoms with van der Waals surface area (Å²) >= 11 is 1.44. The number of nitrogens with one attached hydrogen (secondary N) is 1. The van der Waals surface area contributed by atoms with Crippen LogP contribution in [0.5, 0.6) is 0 Å². The van der Waals surface area contributed by atoms with Crippen LogP contribution in [0, 0.1) is 6.92 Å². The van der Waals surface area contributed by atoms with Crippen molar-refractivity contribution in [3.8, 4) is 10.6 Å². The molecule has 0 bridgehead atoms. The monoisotopic (exact) mass is 417 g/mol. The molecule has 0 spiro atoms. The fourth-order valence-electron chi connectivity index (χ4n) is 3.14. The Hall–Kier alpha value is -3.32. The van der Waals surface area contributed by atoms with Crippen LogP contribution in [-0.2, 0) is 19.5 Å². The number of benzene rings is 2. The maximum Gasteiger partial charge on any atom is 0.263 e. The highest BCUT2D eigenvalue weighted by atomic mass is 32.1. The van der Waals surface area contributed by atoms with Gasteiger partial charge in [-0.3, -0.25) is 4.79 Å². The number of amides is 1. The second kappa shape index (κ2) is 9.00. The van der Waals surface area contributed by atoms with Crippen LogP contribution in [0.3, 0.4) is 0 Å². The summed E-state index contributed by atoms with van der Waals surface area (Å²) in [5.74, 6) is -0.0897. The summed E-state index contributed by atoms with van der Waals surface area (Å²) in [6.45, 7) is 5.17. The Labute approximate surface area is 179 Å². The van der Waals surface area contributed by atoms with E-state index in [1.54, 1.807) is 11.0 Å². The van der Waals surface area contributed by atoms with E-state index in [4.69, 9.17) is 0 Å². The Morgan fingerprint density at radius 2 is 1.73 bits per heavy atom. The number of rotatable bonds is 7. The summed E-state index contributed by atoms with van der Waals surface area (Å²) in [6, 6.07) is 16.5. The van der Waals surface area contributed by atoms with Gasteiger partial charge in [-0.25, -0.2) is 14.6 Å². The maximum absolute atomic E-state index is 12.7. The molecule has 4 rings (SSSR count). The molecule has 152 valence electrons. The van der Waals surface area contributed by atoms with E-state index in [1.165, 1.54) is 23.2 Å². The van der Waals surface area contributed by atoms with Crippen LogP contribution in [0.15, 0.2) is 61.2 Å². The average molecular weight is 418 g/mol. The Morgan fingerprint density at radius 3 is 2.40 bits per heavy atom. The van der Waals surface area contributed by atoms with Gasteiger partial charge in [0.25, 0.3) is 5.91 Å². The third-order valence-electron chi connectivity index (χ3n) is 4.90. The molecular formula is C23H23N5OS. The summed E-state index contributed by atoms with van der Waals surface area (Å²) in [5, 5.41) is 7.99. The lowest BCUT2D eigenvalue weighted by molar-refractivity contribution is 0.0954. The largest absolute Gasteiger partial charge is 0.347 e. The minimum atomic E-state index is -0.0897. The normalized spacial score (nSPS) is 10.9. The predicted molar refractivity (Wildman–Crippen MR) is 118 cm³/mol. The number of carbonyl (C=O) groups excluding carboxylic acids is 1. The van der Waals surface area contributed by atoms with Gasteiger partial charge in [-0.05, 0) is 30.0 Å². The van der Waals surface area contributed by atoms with E-state index >= 15 is 0 Å². The van der Waals surface area contributed by atoms with E-state index in [1.807, 2.05) is 31.2 Å². The molecule has 1 N–H and O–H groups in total. The molecule has 6 nitrogen and oxygen atoms in total. The van der Waals surface area contributed by atoms with E-state index in [2.05, 4.69) is 51.6 Å². The first-order valence-corrected chi connectivity index (χ1v) is 10.7. The lowest BCUT2D eigenvalue weighted by atomic mass is 10.1. The molecule has 2 heterocycles. The number of hydrogen-bond donors (Lipinski definition) is 1. The van der Waals surface area contributed by atoms with E-state index in [0.29, 0.717) is 18.0 Å². The van der Waals surface area contributed by atoms with Crippen molar-refractivity contribution in [3.05, 3.63) is 88.4 Å². The molecule has 0 aliphatic rings. The number of thiazole rings is 1. The van der Waals surface area contributed by atoms with Gasteiger partial charge in [-0.1, -0.05) is 55.5 Å². The topological polar surface area (TPSA) is 72.7 Å². The molecule has 7 heteroatoms. The van der Waals surface area contributed by atoms with Gasteiger partial charge >= 0.3 is 0 Å². The maximum atomic E-state index is 12.7. The predicted octanol–water partition coefficient (Wildman–Crippen LogP) is 4.25. The highest BCUT2D eigenvalue weighted by molar-refractivity contribution is 7.17. The second-order valence-electron chi connectivity index (χ2n) is 7.08. The van der Waals surface area contributed by atoms with Crippen molar-refractivity contribution in [2.24, 2.45) is 0 Å². The first-order valence-electron chi connectivity index (χ1n) is 9.87. The molecule has 2 aromatic heterocycles. The summed E-state index contributed by atoms with van der Waals surface area (Å²) < 4.78 is 1.77. The Bertz CT molecular complexity index is 1120. The third-order valence-corrected chi connectivity index (χ3v) is 6.10. The zero-order valence-corrected chi connectivity index (χ0v) is 17.8. The summed E-state index contributed by atoms with van der Waals surface area (Å²) in [5.41, 5.74) is 5.27. The lowest BCUT2D eigenvalue weighted by Crippen LogP contribution is -2.22. The van der Waals surface area contributed by atoms with E-state index < -0.39 is 0 Å². The molecular weight excluding hydrogens is 394 g/mol. The van der Waals surface area contributed by atoms with Crippen LogP contribution < -0.4 is 5.32 Å². The molecule has 30 heavy (non-hydrogen) atoms. The average Bonchev–Trinajstić information content (AvgIpc) is 3.43. The van der Waals surface area contributed by atoms with E-state index in [-0.39, 0.29) is 5.91 Å². The standard InChI is InChI=1S/C23H23N5OS/c1-3-17-8-10-20(11-9-17)23-27-16(2)21(30-23)22(29)25-12-18-4-6-19(7-5-18)13-28-15-24-14-26-28/h4-11,14-15H,3,12-13H2,1-2H3,(H,25,29). The van der Waals surface area contributed by atoms with Gasteiger partial charge < -0.3 is 5.32 Å². The van der Waals surface area contributed by atoms with Crippen LogP contribution in [0.1, 0.15) is 39.0 Å². The molecule has 0 saturated carbocycles. The van der Waals surface area contributed by atoms with Gasteiger partial charge in [0.15, 0.2) is 0 Å². The number of carbonyl (C=O) groups is 1. The number of nitrogens with zero attached hydrogens (tertiary/aromatic N) is 4. The summed E-state index contributed by atoms with van der Waals surface area (Å²) in [4.78, 5) is 21.9. The number of aromatic nitrogens is 4. The Balaban J connectivity index is 1.38. The molecule has 1 amide bonds. The van der Waals surface area contributed by atoms with Crippen LogP contribution in [0.2, 0.25) is 0 Å². The SMILES string of the molecule is CCc1ccc(-c2nc(C)c(C(=O)NCc3ccc(Cn4cncn4)cc3)s2)cc1. The van der Waals surface area contributed by atoms with Crippen LogP contribution in [0.25, 0.3) is 10.6 Å². The van der Waals surface area contributed by atoms with Crippen molar-refractivity contribution in [2.75, 3.05) is 0 Å². The fraction of sp³-hybridized carbons (Fsp3) is 0.217. The van der Waals surface area contributed by atoms with Gasteiger partial charge in [0.1, 0.15) is 22.5 Å². The van der Waals surface area contributed by atoms with Crippen molar-refractivity contribution >= 4 is 17.2 Å². The highest BCUT2D eigenvalue weighted by Crippen LogP contribution is 2.28. The van der Waals surface area contributed by atoms with Crippen molar-refractivity contribution in [2.45, 2.75) is 33.4 Å². The molecule has 0 aliphatic carbocycles. The summed E-state index contributed by atoms with van der Waals surface area (Å²) in [7, 11) is 0. The van der Waals surface area contributed by atoms with Gasteiger partial charge in [0.05, 0.1) is 12.2 Å². The van der Waals surface area contributed by atoms with Gasteiger partial charge in [0.2, 0.25) is 0 Å². The first-order chi connectivity index (χ1) is 14.6. The van der Waals surface area contributed by atoms with E-state index in [9.17, 15) is 4.79 Å². The van der Waals surface area contributed by atoms with Crippen molar-refractivity contribution in [1.29, 1.82) is 0 Å². The van der Waals surface area contributed by atoms with Gasteiger partial charge in [0, 0.05) is 12.1 Å². The number of hydrogen-bond acceptors (Lipinski definition) is 5. The number of aryl methyl sites for hydroxylation is 2. The van der Waals surface area contributed by atoms with Crippen LogP contribution in [0.4, 0.5) is 0 Å². The highest BCUT2D eigenvalue weighted by Gasteiger charge is 2.16. The smallest absolute Gasteiger partial charge is 0.263 e. The Morgan fingerprint density at radius 1 is 1.03 bits per heavy atom. The Kier molecular flexibility index (Phi) is 5.99. The molecule has 2 aromatic carbocycles. The van der Waals surface area contributed by atoms with Crippen molar-refractivity contribution in [3.63, 3.8) is 0 Å². The summed E-state index contributed by atoms with van der Waals surface area (Å²) in [6.07, 6.45) is 4.22. The zero-order valence-electron chi connectivity index (χ0n) is 17.0. The first kappa shape index (κ1) is 20.0. The quantitative estimate of drug-likeness (QED) is 0.488. The molecule has 0 saturated heterocycles. The minimum Gasteiger partial charge on any atom is -0.347 e. The second-order valence-corrected chi connectivity index (χ2v) is 8.08.